The average Bonchev–Trinajstić information content (AvgIpc) is 3.85. The number of nitrogens with zero attached hydrogens (tertiary/aromatic N) is 2. The van der Waals surface area contributed by atoms with Gasteiger partial charge < -0.3 is 9.47 Å². The Morgan fingerprint density at radius 3 is 1.74 bits per heavy atom. The normalized spacial score (nSPS) is 22.3. The maximum absolute atomic E-state index is 2.59. The Labute approximate surface area is 408 Å². The van der Waals surface area contributed by atoms with Gasteiger partial charge in [0.1, 0.15) is 0 Å². The SMILES string of the molecule is CC1(C)c2cc(N(c3ccc(C4CCCCC4)cc3)c3ccc(C45CC6CC(CC(C6)C4)C5)cc3)cc(-c3ccccc3)c2-c2ccc3c4c(-c5ccccc5)cccc4n(-c4ccccc4)c3c21. The van der Waals surface area contributed by atoms with Crippen molar-refractivity contribution in [3.8, 4) is 39.1 Å². The van der Waals surface area contributed by atoms with Gasteiger partial charge >= 0.3 is 0 Å². The Morgan fingerprint density at radius 1 is 0.507 bits per heavy atom. The lowest BCUT2D eigenvalue weighted by Crippen LogP contribution is -2.48. The van der Waals surface area contributed by atoms with E-state index in [9.17, 15) is 0 Å². The minimum absolute atomic E-state index is 0.337. The van der Waals surface area contributed by atoms with Crippen LogP contribution in [0.3, 0.4) is 0 Å². The molecule has 2 heteroatoms. The third-order valence-electron chi connectivity index (χ3n) is 18.1. The largest absolute Gasteiger partial charge is 0.310 e. The van der Waals surface area contributed by atoms with Crippen LogP contribution in [0.15, 0.2) is 182 Å². The number of anilines is 3. The highest BCUT2D eigenvalue weighted by atomic mass is 15.1. The molecule has 0 N–H and O–H groups in total. The van der Waals surface area contributed by atoms with Crippen LogP contribution in [0.25, 0.3) is 60.9 Å². The van der Waals surface area contributed by atoms with Crippen LogP contribution in [0.5, 0.6) is 0 Å². The summed E-state index contributed by atoms with van der Waals surface area (Å²) in [6, 6.07) is 69.9. The van der Waals surface area contributed by atoms with Crippen LogP contribution in [0.4, 0.5) is 17.1 Å². The van der Waals surface area contributed by atoms with Crippen molar-refractivity contribution in [3.05, 3.63) is 204 Å². The Hall–Kier alpha value is -6.64. The number of hydrogen-bond acceptors (Lipinski definition) is 1. The first-order valence-electron chi connectivity index (χ1n) is 26.4. The van der Waals surface area contributed by atoms with Gasteiger partial charge in [-0.2, -0.15) is 0 Å². The number of fused-ring (bicyclic) bond motifs is 7. The number of aromatic nitrogens is 1. The Kier molecular flexibility index (Phi) is 9.56. The molecule has 0 radical (unpaired) electrons. The standard InChI is InChI=1S/C67H62N2/c1-66(2)60-40-55(68(53-30-26-48(27-31-53)47-16-7-3-8-17-47)54-32-28-51(29-33-54)67-41-44-36-45(42-67)38-46(37-44)43-67)39-59(50-20-11-5-12-21-50)62(60)57-34-35-58-63-56(49-18-9-4-10-19-49)24-15-25-61(63)69(65(58)64(57)66)52-22-13-6-14-23-52/h4-6,9-15,18-35,39-40,44-47H,3,7-8,16-17,36-38,41-43H2,1-2H3. The molecule has 1 aromatic heterocycles. The predicted octanol–water partition coefficient (Wildman–Crippen LogP) is 18.4. The second-order valence-corrected chi connectivity index (χ2v) is 22.5. The van der Waals surface area contributed by atoms with E-state index in [4.69, 9.17) is 0 Å². The van der Waals surface area contributed by atoms with E-state index in [1.165, 1.54) is 165 Å². The summed E-state index contributed by atoms with van der Waals surface area (Å²) in [7, 11) is 0. The van der Waals surface area contributed by atoms with Gasteiger partial charge in [-0.1, -0.05) is 161 Å². The number of hydrogen-bond donors (Lipinski definition) is 0. The van der Waals surface area contributed by atoms with Crippen molar-refractivity contribution in [1.29, 1.82) is 0 Å². The number of rotatable bonds is 8. The molecule has 8 aromatic carbocycles. The zero-order valence-electron chi connectivity index (χ0n) is 40.3. The predicted molar refractivity (Wildman–Crippen MR) is 290 cm³/mol. The molecule has 5 fully saturated rings. The lowest BCUT2D eigenvalue weighted by Gasteiger charge is -2.57. The molecule has 9 aromatic rings. The van der Waals surface area contributed by atoms with Crippen LogP contribution in [0.2, 0.25) is 0 Å². The molecule has 0 atom stereocenters. The van der Waals surface area contributed by atoms with Gasteiger partial charge in [-0.05, 0) is 191 Å². The summed E-state index contributed by atoms with van der Waals surface area (Å²) in [6.45, 7) is 4.98. The van der Waals surface area contributed by atoms with Crippen LogP contribution < -0.4 is 4.90 Å². The summed E-state index contributed by atoms with van der Waals surface area (Å²) in [5.74, 6) is 3.43. The first-order chi connectivity index (χ1) is 33.9. The molecule has 0 saturated heterocycles. The average molecular weight is 895 g/mol. The fourth-order valence-electron chi connectivity index (χ4n) is 15.4. The van der Waals surface area contributed by atoms with Crippen LogP contribution >= 0.6 is 0 Å². The zero-order chi connectivity index (χ0) is 45.8. The minimum atomic E-state index is -0.337. The third kappa shape index (κ3) is 6.57. The molecule has 6 aliphatic rings. The molecular formula is C67H62N2. The monoisotopic (exact) mass is 894 g/mol. The van der Waals surface area contributed by atoms with Gasteiger partial charge in [0.25, 0.3) is 0 Å². The summed E-state index contributed by atoms with van der Waals surface area (Å²) in [4.78, 5) is 2.59. The molecular weight excluding hydrogens is 833 g/mol. The van der Waals surface area contributed by atoms with Crippen molar-refractivity contribution in [3.63, 3.8) is 0 Å². The fourth-order valence-corrected chi connectivity index (χ4v) is 15.4. The smallest absolute Gasteiger partial charge is 0.0588 e. The molecule has 0 unspecified atom stereocenters. The van der Waals surface area contributed by atoms with E-state index in [0.717, 1.165) is 17.8 Å². The summed E-state index contributed by atoms with van der Waals surface area (Å²) < 4.78 is 2.57. The minimum Gasteiger partial charge on any atom is -0.310 e. The van der Waals surface area contributed by atoms with Crippen molar-refractivity contribution in [2.75, 3.05) is 4.90 Å². The fraction of sp³-hybridized carbons (Fsp3) is 0.284. The van der Waals surface area contributed by atoms with Crippen molar-refractivity contribution >= 4 is 38.9 Å². The Morgan fingerprint density at radius 2 is 1.10 bits per heavy atom. The molecule has 6 aliphatic carbocycles. The summed E-state index contributed by atoms with van der Waals surface area (Å²) in [5, 5.41) is 2.61. The molecule has 0 spiro atoms. The number of benzene rings is 8. The van der Waals surface area contributed by atoms with Gasteiger partial charge in [0.15, 0.2) is 0 Å². The molecule has 1 heterocycles. The first-order valence-corrected chi connectivity index (χ1v) is 26.4. The maximum atomic E-state index is 2.59. The van der Waals surface area contributed by atoms with Crippen LogP contribution in [-0.2, 0) is 10.8 Å². The highest BCUT2D eigenvalue weighted by Gasteiger charge is 2.51. The summed E-state index contributed by atoms with van der Waals surface area (Å²) in [5.41, 5.74) is 21.0. The van der Waals surface area contributed by atoms with E-state index in [-0.39, 0.29) is 5.41 Å². The second-order valence-electron chi connectivity index (χ2n) is 22.5. The topological polar surface area (TPSA) is 8.17 Å². The van der Waals surface area contributed by atoms with Crippen molar-refractivity contribution in [1.82, 2.24) is 4.57 Å². The van der Waals surface area contributed by atoms with E-state index in [1.807, 2.05) is 0 Å². The number of para-hydroxylation sites is 1. The van der Waals surface area contributed by atoms with Crippen LogP contribution in [0, 0.1) is 17.8 Å². The molecule has 69 heavy (non-hydrogen) atoms. The van der Waals surface area contributed by atoms with Gasteiger partial charge in [-0.25, -0.2) is 0 Å². The quantitative estimate of drug-likeness (QED) is 0.148. The molecule has 340 valence electrons. The van der Waals surface area contributed by atoms with E-state index in [1.54, 1.807) is 5.56 Å². The van der Waals surface area contributed by atoms with Gasteiger partial charge in [0.05, 0.1) is 11.0 Å². The Balaban J connectivity index is 0.983. The van der Waals surface area contributed by atoms with E-state index in [0.29, 0.717) is 11.3 Å². The van der Waals surface area contributed by atoms with Crippen molar-refractivity contribution in [2.45, 2.75) is 101 Å². The molecule has 15 rings (SSSR count). The summed E-state index contributed by atoms with van der Waals surface area (Å²) >= 11 is 0. The van der Waals surface area contributed by atoms with Gasteiger partial charge in [0, 0.05) is 38.9 Å². The third-order valence-corrected chi connectivity index (χ3v) is 18.1. The van der Waals surface area contributed by atoms with Gasteiger partial charge in [0.2, 0.25) is 0 Å². The van der Waals surface area contributed by atoms with Gasteiger partial charge in [-0.15, -0.1) is 0 Å². The first kappa shape index (κ1) is 41.3. The van der Waals surface area contributed by atoms with E-state index < -0.39 is 0 Å². The molecule has 0 amide bonds. The molecule has 4 bridgehead atoms. The summed E-state index contributed by atoms with van der Waals surface area (Å²) in [6.07, 6.45) is 15.2. The van der Waals surface area contributed by atoms with Crippen molar-refractivity contribution < 1.29 is 0 Å². The molecule has 0 aliphatic heterocycles. The maximum Gasteiger partial charge on any atom is 0.0588 e. The highest BCUT2D eigenvalue weighted by molar-refractivity contribution is 6.18. The van der Waals surface area contributed by atoms with Crippen LogP contribution in [0.1, 0.15) is 113 Å². The second kappa shape index (κ2) is 16.0. The van der Waals surface area contributed by atoms with E-state index in [2.05, 4.69) is 205 Å². The highest BCUT2D eigenvalue weighted by Crippen LogP contribution is 2.62. The van der Waals surface area contributed by atoms with Crippen molar-refractivity contribution in [2.24, 2.45) is 17.8 Å². The molecule has 5 saturated carbocycles. The molecule has 2 nitrogen and oxygen atoms in total. The lowest BCUT2D eigenvalue weighted by atomic mass is 9.48. The lowest BCUT2D eigenvalue weighted by molar-refractivity contribution is -0.00518. The van der Waals surface area contributed by atoms with E-state index >= 15 is 0 Å². The zero-order valence-corrected chi connectivity index (χ0v) is 40.3. The van der Waals surface area contributed by atoms with Crippen LogP contribution in [-0.4, -0.2) is 4.57 Å². The Bertz CT molecular complexity index is 3350. The van der Waals surface area contributed by atoms with Gasteiger partial charge in [-0.3, -0.25) is 0 Å².